The Balaban J connectivity index is 1.97. The van der Waals surface area contributed by atoms with Crippen LogP contribution in [0, 0.1) is 5.92 Å². The third-order valence-corrected chi connectivity index (χ3v) is 4.11. The van der Waals surface area contributed by atoms with Crippen LogP contribution in [0.4, 0.5) is 0 Å². The molecule has 122 valence electrons. The first-order valence-corrected chi connectivity index (χ1v) is 8.25. The molecule has 0 bridgehead atoms. The molecule has 0 saturated carbocycles. The molecule has 0 aromatic heterocycles. The molecule has 0 unspecified atom stereocenters. The molecule has 1 saturated heterocycles. The average Bonchev–Trinajstić information content (AvgIpc) is 2.97. The largest absolute Gasteiger partial charge is 0.494 e. The summed E-state index contributed by atoms with van der Waals surface area (Å²) in [5.41, 5.74) is 1.21. The molecule has 4 heteroatoms. The Morgan fingerprint density at radius 3 is 2.73 bits per heavy atom. The summed E-state index contributed by atoms with van der Waals surface area (Å²) in [7, 11) is 0. The number of hydrogen-bond donors (Lipinski definition) is 0. The lowest BCUT2D eigenvalue weighted by Crippen LogP contribution is -2.40. The second kappa shape index (κ2) is 8.18. The predicted octanol–water partition coefficient (Wildman–Crippen LogP) is 3.25. The molecule has 22 heavy (non-hydrogen) atoms. The van der Waals surface area contributed by atoms with Gasteiger partial charge in [0.05, 0.1) is 19.3 Å². The predicted molar refractivity (Wildman–Crippen MR) is 86.8 cm³/mol. The van der Waals surface area contributed by atoms with E-state index in [9.17, 15) is 4.79 Å². The summed E-state index contributed by atoms with van der Waals surface area (Å²) in [5.74, 6) is 1.18. The van der Waals surface area contributed by atoms with Crippen molar-refractivity contribution in [2.45, 2.75) is 46.1 Å². The van der Waals surface area contributed by atoms with Crippen LogP contribution in [0.1, 0.15) is 39.2 Å². The Morgan fingerprint density at radius 1 is 1.36 bits per heavy atom. The number of amides is 1. The highest BCUT2D eigenvalue weighted by atomic mass is 16.5. The monoisotopic (exact) mass is 305 g/mol. The van der Waals surface area contributed by atoms with Crippen molar-refractivity contribution in [2.24, 2.45) is 5.92 Å². The van der Waals surface area contributed by atoms with Gasteiger partial charge in [-0.1, -0.05) is 32.4 Å². The molecular formula is C18H27NO3. The first-order valence-electron chi connectivity index (χ1n) is 8.25. The molecule has 2 atom stereocenters. The zero-order valence-corrected chi connectivity index (χ0v) is 13.9. The van der Waals surface area contributed by atoms with Crippen molar-refractivity contribution in [1.82, 2.24) is 4.90 Å². The molecule has 1 aliphatic heterocycles. The van der Waals surface area contributed by atoms with Crippen LogP contribution in [0.3, 0.4) is 0 Å². The number of carbonyl (C=O) groups excluding carboxylic acids is 1. The van der Waals surface area contributed by atoms with Gasteiger partial charge in [-0.05, 0) is 37.5 Å². The van der Waals surface area contributed by atoms with E-state index in [1.807, 2.05) is 30.9 Å². The smallest absolute Gasteiger partial charge is 0.227 e. The first kappa shape index (κ1) is 16.8. The summed E-state index contributed by atoms with van der Waals surface area (Å²) in [5, 5.41) is 0. The van der Waals surface area contributed by atoms with E-state index in [0.29, 0.717) is 19.9 Å². The third kappa shape index (κ3) is 4.23. The zero-order valence-electron chi connectivity index (χ0n) is 13.9. The molecule has 4 nitrogen and oxygen atoms in total. The van der Waals surface area contributed by atoms with Gasteiger partial charge in [0.2, 0.25) is 5.91 Å². The normalized spacial score (nSPS) is 19.2. The second-order valence-electron chi connectivity index (χ2n) is 5.93. The summed E-state index contributed by atoms with van der Waals surface area (Å²) in [4.78, 5) is 14.4. The van der Waals surface area contributed by atoms with Crippen molar-refractivity contribution in [3.8, 4) is 5.75 Å². The van der Waals surface area contributed by atoms with Crippen LogP contribution >= 0.6 is 0 Å². The molecule has 0 spiro atoms. The molecule has 0 aliphatic carbocycles. The Bertz CT molecular complexity index is 472. The second-order valence-corrected chi connectivity index (χ2v) is 5.93. The SMILES string of the molecule is CCC[C@H](C)C(=O)N1COC[C@@H]1Cc1ccc(OCC)cc1. The Hall–Kier alpha value is -1.55. The van der Waals surface area contributed by atoms with Crippen molar-refractivity contribution in [3.63, 3.8) is 0 Å². The van der Waals surface area contributed by atoms with E-state index in [1.165, 1.54) is 5.56 Å². The van der Waals surface area contributed by atoms with Crippen molar-refractivity contribution >= 4 is 5.91 Å². The molecule has 1 heterocycles. The molecule has 2 rings (SSSR count). The van der Waals surface area contributed by atoms with Crippen LogP contribution in [-0.4, -0.2) is 36.8 Å². The van der Waals surface area contributed by atoms with Crippen molar-refractivity contribution in [1.29, 1.82) is 0 Å². The van der Waals surface area contributed by atoms with Gasteiger partial charge >= 0.3 is 0 Å². The summed E-state index contributed by atoms with van der Waals surface area (Å²) in [6.45, 7) is 7.82. The van der Waals surface area contributed by atoms with Gasteiger partial charge in [-0.2, -0.15) is 0 Å². The van der Waals surface area contributed by atoms with E-state index in [0.717, 1.165) is 25.0 Å². The van der Waals surface area contributed by atoms with Crippen LogP contribution in [0.25, 0.3) is 0 Å². The highest BCUT2D eigenvalue weighted by Gasteiger charge is 2.31. The third-order valence-electron chi connectivity index (χ3n) is 4.11. The van der Waals surface area contributed by atoms with Crippen LogP contribution in [0.5, 0.6) is 5.75 Å². The van der Waals surface area contributed by atoms with Gasteiger partial charge in [0.15, 0.2) is 0 Å². The Labute approximate surface area is 133 Å². The fourth-order valence-electron chi connectivity index (χ4n) is 2.90. The minimum atomic E-state index is 0.0783. The molecule has 1 aliphatic rings. The number of carbonyl (C=O) groups is 1. The molecule has 0 radical (unpaired) electrons. The van der Waals surface area contributed by atoms with Gasteiger partial charge in [0, 0.05) is 5.92 Å². The van der Waals surface area contributed by atoms with E-state index in [4.69, 9.17) is 9.47 Å². The average molecular weight is 305 g/mol. The van der Waals surface area contributed by atoms with Crippen molar-refractivity contribution in [2.75, 3.05) is 19.9 Å². The number of rotatable bonds is 7. The van der Waals surface area contributed by atoms with Gasteiger partial charge in [0.1, 0.15) is 12.5 Å². The highest BCUT2D eigenvalue weighted by Crippen LogP contribution is 2.21. The Morgan fingerprint density at radius 2 is 2.09 bits per heavy atom. The topological polar surface area (TPSA) is 38.8 Å². The van der Waals surface area contributed by atoms with Crippen LogP contribution in [0.2, 0.25) is 0 Å². The van der Waals surface area contributed by atoms with E-state index in [1.54, 1.807) is 0 Å². The minimum Gasteiger partial charge on any atom is -0.494 e. The van der Waals surface area contributed by atoms with Gasteiger partial charge in [-0.15, -0.1) is 0 Å². The van der Waals surface area contributed by atoms with Gasteiger partial charge < -0.3 is 14.4 Å². The van der Waals surface area contributed by atoms with Gasteiger partial charge in [0.25, 0.3) is 0 Å². The molecular weight excluding hydrogens is 278 g/mol. The van der Waals surface area contributed by atoms with E-state index < -0.39 is 0 Å². The van der Waals surface area contributed by atoms with Gasteiger partial charge in [-0.25, -0.2) is 0 Å². The van der Waals surface area contributed by atoms with Crippen LogP contribution in [-0.2, 0) is 16.0 Å². The minimum absolute atomic E-state index is 0.0783. The lowest BCUT2D eigenvalue weighted by Gasteiger charge is -2.25. The number of nitrogens with zero attached hydrogens (tertiary/aromatic N) is 1. The molecule has 1 aromatic carbocycles. The molecule has 0 N–H and O–H groups in total. The van der Waals surface area contributed by atoms with Gasteiger partial charge in [-0.3, -0.25) is 4.79 Å². The quantitative estimate of drug-likeness (QED) is 0.776. The molecule has 1 amide bonds. The maximum Gasteiger partial charge on any atom is 0.227 e. The van der Waals surface area contributed by atoms with Crippen LogP contribution in [0.15, 0.2) is 24.3 Å². The number of hydrogen-bond acceptors (Lipinski definition) is 3. The maximum absolute atomic E-state index is 12.5. The van der Waals surface area contributed by atoms with E-state index in [-0.39, 0.29) is 17.9 Å². The molecule has 1 fully saturated rings. The molecule has 1 aromatic rings. The lowest BCUT2D eigenvalue weighted by molar-refractivity contribution is -0.137. The lowest BCUT2D eigenvalue weighted by atomic mass is 10.0. The fraction of sp³-hybridized carbons (Fsp3) is 0.611. The number of ether oxygens (including phenoxy) is 2. The van der Waals surface area contributed by atoms with Crippen molar-refractivity contribution in [3.05, 3.63) is 29.8 Å². The first-order chi connectivity index (χ1) is 10.7. The fourth-order valence-corrected chi connectivity index (χ4v) is 2.90. The Kier molecular flexibility index (Phi) is 6.25. The van der Waals surface area contributed by atoms with Crippen molar-refractivity contribution < 1.29 is 14.3 Å². The highest BCUT2D eigenvalue weighted by molar-refractivity contribution is 5.79. The zero-order chi connectivity index (χ0) is 15.9. The standard InChI is InChI=1S/C18H27NO3/c1-4-6-14(3)18(20)19-13-21-12-16(19)11-15-7-9-17(10-8-15)22-5-2/h7-10,14,16H,4-6,11-13H2,1-3H3/t14-,16-/m0/s1. The van der Waals surface area contributed by atoms with E-state index >= 15 is 0 Å². The summed E-state index contributed by atoms with van der Waals surface area (Å²) < 4.78 is 11.0. The number of benzene rings is 1. The summed E-state index contributed by atoms with van der Waals surface area (Å²) in [6, 6.07) is 8.26. The maximum atomic E-state index is 12.5. The summed E-state index contributed by atoms with van der Waals surface area (Å²) >= 11 is 0. The van der Waals surface area contributed by atoms with E-state index in [2.05, 4.69) is 19.1 Å². The van der Waals surface area contributed by atoms with Crippen LogP contribution < -0.4 is 4.74 Å². The summed E-state index contributed by atoms with van der Waals surface area (Å²) in [6.07, 6.45) is 2.80.